The maximum atomic E-state index is 11.7. The molecule has 0 unspecified atom stereocenters. The van der Waals surface area contributed by atoms with Gasteiger partial charge in [0.25, 0.3) is 0 Å². The Morgan fingerprint density at radius 3 is 2.19 bits per heavy atom. The molecule has 1 aliphatic heterocycles. The molecule has 3 aromatic rings. The molecule has 2 heterocycles. The first-order valence-electron chi connectivity index (χ1n) is 10.3. The van der Waals surface area contributed by atoms with Gasteiger partial charge in [-0.15, -0.1) is 0 Å². The first-order chi connectivity index (χ1) is 14.9. The zero-order chi connectivity index (χ0) is 22.0. The lowest BCUT2D eigenvalue weighted by molar-refractivity contribution is -0.129. The number of benzene rings is 2. The molecule has 8 nitrogen and oxygen atoms in total. The highest BCUT2D eigenvalue weighted by molar-refractivity contribution is 5.94. The number of nitrogens with zero attached hydrogens (tertiary/aromatic N) is 4. The van der Waals surface area contributed by atoms with E-state index in [1.54, 1.807) is 6.92 Å². The average Bonchev–Trinajstić information content (AvgIpc) is 2.78. The largest absolute Gasteiger partial charge is 0.357 e. The van der Waals surface area contributed by atoms with Crippen LogP contribution in [0, 0.1) is 0 Å². The Hall–Kier alpha value is -3.68. The molecule has 0 atom stereocenters. The first kappa shape index (κ1) is 20.6. The Labute approximate surface area is 181 Å². The third-order valence-corrected chi connectivity index (χ3v) is 5.46. The second kappa shape index (κ2) is 8.59. The second-order valence-electron chi connectivity index (χ2n) is 7.60. The van der Waals surface area contributed by atoms with Crippen LogP contribution in [0.15, 0.2) is 42.5 Å². The van der Waals surface area contributed by atoms with Gasteiger partial charge < -0.3 is 20.4 Å². The first-order valence-corrected chi connectivity index (χ1v) is 10.3. The van der Waals surface area contributed by atoms with Gasteiger partial charge in [0, 0.05) is 58.1 Å². The van der Waals surface area contributed by atoms with Gasteiger partial charge in [-0.3, -0.25) is 9.59 Å². The Bertz CT molecular complexity index is 1120. The maximum Gasteiger partial charge on any atom is 0.224 e. The number of amides is 2. The van der Waals surface area contributed by atoms with Gasteiger partial charge in [-0.2, -0.15) is 4.98 Å². The van der Waals surface area contributed by atoms with Crippen LogP contribution in [0.4, 0.5) is 17.5 Å². The molecular formula is C23H26N6O2. The standard InChI is InChI=1S/C23H26N6O2/c1-15(30)25-19-7-4-17(5-8-19)18-6-9-21-20(14-18)22(27-23(24-3)26-21)29-12-10-28(11-13-29)16(2)31/h4-9,14H,10-13H2,1-3H3,(H,25,30)(H,24,26,27). The number of hydrogen-bond acceptors (Lipinski definition) is 6. The van der Waals surface area contributed by atoms with Crippen molar-refractivity contribution in [3.05, 3.63) is 42.5 Å². The fourth-order valence-electron chi connectivity index (χ4n) is 3.83. The van der Waals surface area contributed by atoms with Crippen molar-refractivity contribution in [2.45, 2.75) is 13.8 Å². The molecule has 1 aromatic heterocycles. The van der Waals surface area contributed by atoms with E-state index in [0.29, 0.717) is 19.0 Å². The fourth-order valence-corrected chi connectivity index (χ4v) is 3.83. The summed E-state index contributed by atoms with van der Waals surface area (Å²) >= 11 is 0. The highest BCUT2D eigenvalue weighted by atomic mass is 16.2. The van der Waals surface area contributed by atoms with Crippen molar-refractivity contribution in [1.29, 1.82) is 0 Å². The van der Waals surface area contributed by atoms with Crippen molar-refractivity contribution in [1.82, 2.24) is 14.9 Å². The lowest BCUT2D eigenvalue weighted by Gasteiger charge is -2.35. The average molecular weight is 419 g/mol. The van der Waals surface area contributed by atoms with E-state index in [4.69, 9.17) is 4.98 Å². The van der Waals surface area contributed by atoms with Crippen LogP contribution in [0.2, 0.25) is 0 Å². The predicted octanol–water partition coefficient (Wildman–Crippen LogP) is 2.97. The van der Waals surface area contributed by atoms with Crippen LogP contribution in [0.1, 0.15) is 13.8 Å². The summed E-state index contributed by atoms with van der Waals surface area (Å²) in [5.41, 5.74) is 3.72. The summed E-state index contributed by atoms with van der Waals surface area (Å²) in [6.45, 7) is 5.92. The minimum absolute atomic E-state index is 0.0922. The lowest BCUT2D eigenvalue weighted by Crippen LogP contribution is -2.48. The van der Waals surface area contributed by atoms with Gasteiger partial charge in [-0.05, 0) is 35.4 Å². The summed E-state index contributed by atoms with van der Waals surface area (Å²) in [4.78, 5) is 36.4. The van der Waals surface area contributed by atoms with Crippen LogP contribution in [0.5, 0.6) is 0 Å². The molecule has 4 rings (SSSR count). The Morgan fingerprint density at radius 1 is 0.903 bits per heavy atom. The molecule has 0 bridgehead atoms. The highest BCUT2D eigenvalue weighted by Crippen LogP contribution is 2.31. The third kappa shape index (κ3) is 4.42. The zero-order valence-electron chi connectivity index (χ0n) is 18.0. The quantitative estimate of drug-likeness (QED) is 0.677. The third-order valence-electron chi connectivity index (χ3n) is 5.46. The molecule has 0 spiro atoms. The van der Waals surface area contributed by atoms with Crippen molar-refractivity contribution in [3.63, 3.8) is 0 Å². The number of carbonyl (C=O) groups excluding carboxylic acids is 2. The lowest BCUT2D eigenvalue weighted by atomic mass is 10.0. The van der Waals surface area contributed by atoms with E-state index < -0.39 is 0 Å². The molecule has 8 heteroatoms. The molecule has 2 aromatic carbocycles. The van der Waals surface area contributed by atoms with Crippen LogP contribution in [-0.4, -0.2) is 59.9 Å². The molecule has 0 radical (unpaired) electrons. The fraction of sp³-hybridized carbons (Fsp3) is 0.304. The number of nitrogens with one attached hydrogen (secondary N) is 2. The van der Waals surface area contributed by atoms with E-state index in [0.717, 1.165) is 46.6 Å². The molecule has 0 saturated carbocycles. The molecule has 1 saturated heterocycles. The molecule has 0 aliphatic carbocycles. The number of fused-ring (bicyclic) bond motifs is 1. The van der Waals surface area contributed by atoms with E-state index in [1.807, 2.05) is 48.3 Å². The minimum atomic E-state index is -0.0922. The Kier molecular flexibility index (Phi) is 5.70. The van der Waals surface area contributed by atoms with Crippen LogP contribution in [0.25, 0.3) is 22.0 Å². The summed E-state index contributed by atoms with van der Waals surface area (Å²) in [6, 6.07) is 13.9. The van der Waals surface area contributed by atoms with Gasteiger partial charge in [0.05, 0.1) is 5.52 Å². The van der Waals surface area contributed by atoms with E-state index in [9.17, 15) is 9.59 Å². The molecular weight excluding hydrogens is 392 g/mol. The SMILES string of the molecule is CNc1nc(N2CCN(C(C)=O)CC2)c2cc(-c3ccc(NC(C)=O)cc3)ccc2n1. The van der Waals surface area contributed by atoms with E-state index in [-0.39, 0.29) is 11.8 Å². The van der Waals surface area contributed by atoms with Crippen molar-refractivity contribution in [2.75, 3.05) is 48.8 Å². The van der Waals surface area contributed by atoms with Crippen LogP contribution in [0.3, 0.4) is 0 Å². The molecule has 31 heavy (non-hydrogen) atoms. The Morgan fingerprint density at radius 2 is 1.58 bits per heavy atom. The minimum Gasteiger partial charge on any atom is -0.357 e. The van der Waals surface area contributed by atoms with Crippen LogP contribution in [-0.2, 0) is 9.59 Å². The normalized spacial score (nSPS) is 13.9. The highest BCUT2D eigenvalue weighted by Gasteiger charge is 2.22. The summed E-state index contributed by atoms with van der Waals surface area (Å²) in [6.07, 6.45) is 0. The van der Waals surface area contributed by atoms with Crippen molar-refractivity contribution in [3.8, 4) is 11.1 Å². The number of piperazine rings is 1. The van der Waals surface area contributed by atoms with Crippen LogP contribution < -0.4 is 15.5 Å². The van der Waals surface area contributed by atoms with Crippen molar-refractivity contribution >= 4 is 40.2 Å². The molecule has 1 fully saturated rings. The summed E-state index contributed by atoms with van der Waals surface area (Å²) in [5.74, 6) is 1.46. The zero-order valence-corrected chi connectivity index (χ0v) is 18.0. The number of aromatic nitrogens is 2. The molecule has 160 valence electrons. The molecule has 1 aliphatic rings. The molecule has 2 N–H and O–H groups in total. The van der Waals surface area contributed by atoms with E-state index in [1.165, 1.54) is 6.92 Å². The smallest absolute Gasteiger partial charge is 0.224 e. The number of hydrogen-bond donors (Lipinski definition) is 2. The number of carbonyl (C=O) groups is 2. The van der Waals surface area contributed by atoms with Crippen LogP contribution >= 0.6 is 0 Å². The van der Waals surface area contributed by atoms with Crippen molar-refractivity contribution < 1.29 is 9.59 Å². The van der Waals surface area contributed by atoms with E-state index in [2.05, 4.69) is 26.6 Å². The van der Waals surface area contributed by atoms with Gasteiger partial charge >= 0.3 is 0 Å². The molecule has 2 amide bonds. The predicted molar refractivity (Wildman–Crippen MR) is 123 cm³/mol. The van der Waals surface area contributed by atoms with Gasteiger partial charge in [0.15, 0.2) is 0 Å². The monoisotopic (exact) mass is 418 g/mol. The van der Waals surface area contributed by atoms with Crippen molar-refractivity contribution in [2.24, 2.45) is 0 Å². The van der Waals surface area contributed by atoms with Gasteiger partial charge in [-0.25, -0.2) is 4.98 Å². The number of anilines is 3. The van der Waals surface area contributed by atoms with Gasteiger partial charge in [-0.1, -0.05) is 18.2 Å². The topological polar surface area (TPSA) is 90.5 Å². The summed E-state index contributed by atoms with van der Waals surface area (Å²) in [7, 11) is 1.81. The summed E-state index contributed by atoms with van der Waals surface area (Å²) < 4.78 is 0. The second-order valence-corrected chi connectivity index (χ2v) is 7.60. The maximum absolute atomic E-state index is 11.7. The van der Waals surface area contributed by atoms with E-state index >= 15 is 0 Å². The summed E-state index contributed by atoms with van der Waals surface area (Å²) in [5, 5.41) is 6.81. The number of rotatable bonds is 4. The van der Waals surface area contributed by atoms with Gasteiger partial charge in [0.2, 0.25) is 17.8 Å². The van der Waals surface area contributed by atoms with Gasteiger partial charge in [0.1, 0.15) is 5.82 Å². The Balaban J connectivity index is 1.70.